The van der Waals surface area contributed by atoms with Crippen LogP contribution in [0, 0.1) is 0 Å². The summed E-state index contributed by atoms with van der Waals surface area (Å²) in [6.07, 6.45) is 3.10. The van der Waals surface area contributed by atoms with Crippen molar-refractivity contribution in [2.24, 2.45) is 5.73 Å². The van der Waals surface area contributed by atoms with E-state index in [-0.39, 0.29) is 11.9 Å². The summed E-state index contributed by atoms with van der Waals surface area (Å²) in [5, 5.41) is 2.55. The Kier molecular flexibility index (Phi) is 3.42. The summed E-state index contributed by atoms with van der Waals surface area (Å²) in [5.41, 5.74) is 6.57. The highest BCUT2D eigenvalue weighted by atomic mass is 16.2. The van der Waals surface area contributed by atoms with Crippen LogP contribution in [-0.2, 0) is 4.79 Å². The van der Waals surface area contributed by atoms with Gasteiger partial charge in [-0.2, -0.15) is 0 Å². The molecule has 0 saturated heterocycles. The van der Waals surface area contributed by atoms with E-state index in [1.54, 1.807) is 30.6 Å². The Morgan fingerprint density at radius 1 is 1.12 bits per heavy atom. The molecule has 2 rings (SSSR count). The van der Waals surface area contributed by atoms with Gasteiger partial charge in [-0.05, 0) is 11.6 Å². The van der Waals surface area contributed by atoms with Crippen LogP contribution in [0.2, 0.25) is 0 Å². The summed E-state index contributed by atoms with van der Waals surface area (Å²) in [6.45, 7) is 0. The van der Waals surface area contributed by atoms with Crippen molar-refractivity contribution in [3.63, 3.8) is 0 Å². The van der Waals surface area contributed by atoms with Gasteiger partial charge in [-0.15, -0.1) is 0 Å². The third kappa shape index (κ3) is 2.85. The Hall–Kier alpha value is -2.27. The Morgan fingerprint density at radius 2 is 1.76 bits per heavy atom. The van der Waals surface area contributed by atoms with Crippen LogP contribution in [-0.4, -0.2) is 15.9 Å². The van der Waals surface area contributed by atoms with Crippen molar-refractivity contribution in [3.05, 3.63) is 54.4 Å². The summed E-state index contributed by atoms with van der Waals surface area (Å²) in [5.74, 6) is -0.0775. The largest absolute Gasteiger partial charge is 0.316 e. The number of carbonyl (C=O) groups excluding carboxylic acids is 1. The molecular weight excluding hydrogens is 216 g/mol. The summed E-state index contributed by atoms with van der Waals surface area (Å²) < 4.78 is 0. The maximum atomic E-state index is 11.8. The van der Waals surface area contributed by atoms with Crippen LogP contribution < -0.4 is 11.1 Å². The van der Waals surface area contributed by atoms with Crippen LogP contribution in [0.5, 0.6) is 0 Å². The van der Waals surface area contributed by atoms with Crippen LogP contribution >= 0.6 is 0 Å². The average Bonchev–Trinajstić information content (AvgIpc) is 2.40. The molecule has 17 heavy (non-hydrogen) atoms. The molecule has 86 valence electrons. The van der Waals surface area contributed by atoms with Gasteiger partial charge < -0.3 is 5.73 Å². The van der Waals surface area contributed by atoms with Gasteiger partial charge in [-0.3, -0.25) is 10.1 Å². The van der Waals surface area contributed by atoms with Crippen molar-refractivity contribution in [3.8, 4) is 0 Å². The lowest BCUT2D eigenvalue weighted by Crippen LogP contribution is -2.28. The van der Waals surface area contributed by atoms with Gasteiger partial charge in [0.2, 0.25) is 11.9 Å². The fourth-order valence-electron chi connectivity index (χ4n) is 1.36. The Balaban J connectivity index is 2.06. The van der Waals surface area contributed by atoms with Gasteiger partial charge >= 0.3 is 0 Å². The van der Waals surface area contributed by atoms with Gasteiger partial charge in [0.15, 0.2) is 0 Å². The highest BCUT2D eigenvalue weighted by molar-refractivity contribution is 5.93. The van der Waals surface area contributed by atoms with Crippen LogP contribution in [0.25, 0.3) is 0 Å². The molecule has 3 N–H and O–H groups in total. The SMILES string of the molecule is N[C@@H](C(=O)Nc1ncccn1)c1ccccc1. The quantitative estimate of drug-likeness (QED) is 0.824. The van der Waals surface area contributed by atoms with Gasteiger partial charge in [0, 0.05) is 12.4 Å². The van der Waals surface area contributed by atoms with Crippen molar-refractivity contribution < 1.29 is 4.79 Å². The van der Waals surface area contributed by atoms with Crippen LogP contribution in [0.1, 0.15) is 11.6 Å². The predicted molar refractivity (Wildman–Crippen MR) is 64.0 cm³/mol. The molecule has 1 heterocycles. The molecule has 5 heteroatoms. The van der Waals surface area contributed by atoms with E-state index < -0.39 is 6.04 Å². The molecule has 0 radical (unpaired) electrons. The first-order valence-electron chi connectivity index (χ1n) is 5.16. The lowest BCUT2D eigenvalue weighted by atomic mass is 10.1. The lowest BCUT2D eigenvalue weighted by molar-refractivity contribution is -0.117. The van der Waals surface area contributed by atoms with Crippen LogP contribution in [0.4, 0.5) is 5.95 Å². The van der Waals surface area contributed by atoms with E-state index >= 15 is 0 Å². The topological polar surface area (TPSA) is 80.9 Å². The molecule has 0 spiro atoms. The molecule has 2 aromatic rings. The number of hydrogen-bond donors (Lipinski definition) is 2. The second-order valence-electron chi connectivity index (χ2n) is 3.45. The molecule has 0 fully saturated rings. The summed E-state index contributed by atoms with van der Waals surface area (Å²) in [7, 11) is 0. The zero-order valence-electron chi connectivity index (χ0n) is 9.08. The first-order chi connectivity index (χ1) is 8.27. The number of rotatable bonds is 3. The van der Waals surface area contributed by atoms with E-state index in [4.69, 9.17) is 5.73 Å². The van der Waals surface area contributed by atoms with Gasteiger partial charge in [0.25, 0.3) is 0 Å². The number of carbonyl (C=O) groups is 1. The smallest absolute Gasteiger partial charge is 0.248 e. The molecule has 0 unspecified atom stereocenters. The molecule has 1 atom stereocenters. The van der Waals surface area contributed by atoms with E-state index in [2.05, 4.69) is 15.3 Å². The number of nitrogens with two attached hydrogens (primary N) is 1. The molecule has 1 amide bonds. The zero-order valence-corrected chi connectivity index (χ0v) is 9.08. The van der Waals surface area contributed by atoms with Crippen molar-refractivity contribution in [2.75, 3.05) is 5.32 Å². The van der Waals surface area contributed by atoms with Crippen LogP contribution in [0.3, 0.4) is 0 Å². The van der Waals surface area contributed by atoms with Crippen molar-refractivity contribution in [2.45, 2.75) is 6.04 Å². The highest BCUT2D eigenvalue weighted by Gasteiger charge is 2.15. The van der Waals surface area contributed by atoms with E-state index in [9.17, 15) is 4.79 Å². The van der Waals surface area contributed by atoms with Gasteiger partial charge in [-0.25, -0.2) is 9.97 Å². The third-order valence-electron chi connectivity index (χ3n) is 2.24. The highest BCUT2D eigenvalue weighted by Crippen LogP contribution is 2.10. The molecule has 0 saturated carbocycles. The first-order valence-corrected chi connectivity index (χ1v) is 5.16. The Morgan fingerprint density at radius 3 is 2.41 bits per heavy atom. The normalized spacial score (nSPS) is 11.8. The number of nitrogens with zero attached hydrogens (tertiary/aromatic N) is 2. The number of amides is 1. The van der Waals surface area contributed by atoms with Gasteiger partial charge in [0.1, 0.15) is 6.04 Å². The third-order valence-corrected chi connectivity index (χ3v) is 2.24. The number of hydrogen-bond acceptors (Lipinski definition) is 4. The number of aromatic nitrogens is 2. The fraction of sp³-hybridized carbons (Fsp3) is 0.0833. The molecule has 0 aliphatic rings. The molecule has 1 aromatic carbocycles. The molecule has 0 bridgehead atoms. The monoisotopic (exact) mass is 228 g/mol. The number of benzene rings is 1. The molecule has 0 aliphatic carbocycles. The Labute approximate surface area is 98.7 Å². The zero-order chi connectivity index (χ0) is 12.1. The van der Waals surface area contributed by atoms with E-state index in [1.807, 2.05) is 18.2 Å². The number of nitrogens with one attached hydrogen (secondary N) is 1. The second kappa shape index (κ2) is 5.18. The lowest BCUT2D eigenvalue weighted by Gasteiger charge is -2.11. The first kappa shape index (κ1) is 11.2. The van der Waals surface area contributed by atoms with Crippen LogP contribution in [0.15, 0.2) is 48.8 Å². The van der Waals surface area contributed by atoms with E-state index in [0.29, 0.717) is 0 Å². The van der Waals surface area contributed by atoms with Gasteiger partial charge in [-0.1, -0.05) is 30.3 Å². The van der Waals surface area contributed by atoms with E-state index in [0.717, 1.165) is 5.56 Å². The predicted octanol–water partition coefficient (Wildman–Crippen LogP) is 1.12. The van der Waals surface area contributed by atoms with Crippen molar-refractivity contribution in [1.29, 1.82) is 0 Å². The summed E-state index contributed by atoms with van der Waals surface area (Å²) in [6, 6.07) is 10.1. The second-order valence-corrected chi connectivity index (χ2v) is 3.45. The maximum Gasteiger partial charge on any atom is 0.248 e. The summed E-state index contributed by atoms with van der Waals surface area (Å²) in [4.78, 5) is 19.6. The summed E-state index contributed by atoms with van der Waals surface area (Å²) >= 11 is 0. The van der Waals surface area contributed by atoms with Crippen molar-refractivity contribution >= 4 is 11.9 Å². The molecule has 5 nitrogen and oxygen atoms in total. The molecule has 0 aliphatic heterocycles. The Bertz CT molecular complexity index is 486. The standard InChI is InChI=1S/C12H12N4O/c13-10(9-5-2-1-3-6-9)11(17)16-12-14-7-4-8-15-12/h1-8,10H,13H2,(H,14,15,16,17)/t10-/m1/s1. The minimum atomic E-state index is -0.722. The van der Waals surface area contributed by atoms with Crippen molar-refractivity contribution in [1.82, 2.24) is 9.97 Å². The maximum absolute atomic E-state index is 11.8. The van der Waals surface area contributed by atoms with Gasteiger partial charge in [0.05, 0.1) is 0 Å². The molecule has 1 aromatic heterocycles. The van der Waals surface area contributed by atoms with E-state index in [1.165, 1.54) is 0 Å². The fourth-order valence-corrected chi connectivity index (χ4v) is 1.36. The number of anilines is 1. The minimum absolute atomic E-state index is 0.254. The minimum Gasteiger partial charge on any atom is -0.316 e. The average molecular weight is 228 g/mol. The molecular formula is C12H12N4O.